The minimum Gasteiger partial charge on any atom is -0.358 e. The summed E-state index contributed by atoms with van der Waals surface area (Å²) in [5.41, 5.74) is 1.88. The molecule has 0 aliphatic heterocycles. The number of ketones is 1. The molecule has 0 aliphatic carbocycles. The summed E-state index contributed by atoms with van der Waals surface area (Å²) in [5, 5.41) is 3.90. The lowest BCUT2D eigenvalue weighted by Crippen LogP contribution is -2.06. The van der Waals surface area contributed by atoms with E-state index in [2.05, 4.69) is 11.9 Å². The van der Waals surface area contributed by atoms with E-state index in [4.69, 9.17) is 23.2 Å². The fourth-order valence-electron chi connectivity index (χ4n) is 1.75. The SMILES string of the molecule is C=C(CC(=O)c1ccccc1)Nc1cccc(Cl)c1Cl. The summed E-state index contributed by atoms with van der Waals surface area (Å²) in [6.07, 6.45) is 0.201. The summed E-state index contributed by atoms with van der Waals surface area (Å²) in [5.74, 6) is 0.00116. The van der Waals surface area contributed by atoms with Crippen LogP contribution in [0.4, 0.5) is 5.69 Å². The topological polar surface area (TPSA) is 29.1 Å². The summed E-state index contributed by atoms with van der Waals surface area (Å²) in [6, 6.07) is 14.4. The van der Waals surface area contributed by atoms with Gasteiger partial charge in [0.2, 0.25) is 0 Å². The van der Waals surface area contributed by atoms with Crippen LogP contribution in [0.25, 0.3) is 0 Å². The molecule has 2 nitrogen and oxygen atoms in total. The van der Waals surface area contributed by atoms with Crippen molar-refractivity contribution in [1.82, 2.24) is 0 Å². The Balaban J connectivity index is 2.03. The van der Waals surface area contributed by atoms with Gasteiger partial charge in [0.05, 0.1) is 22.2 Å². The first-order valence-corrected chi connectivity index (χ1v) is 6.80. The van der Waals surface area contributed by atoms with Gasteiger partial charge in [-0.2, -0.15) is 0 Å². The standard InChI is InChI=1S/C16H13Cl2NO/c1-11(10-15(20)12-6-3-2-4-7-12)19-14-9-5-8-13(17)16(14)18/h2-9,19H,1,10H2. The van der Waals surface area contributed by atoms with Crippen LogP contribution in [0.2, 0.25) is 10.0 Å². The third-order valence-electron chi connectivity index (χ3n) is 2.73. The summed E-state index contributed by atoms with van der Waals surface area (Å²) in [6.45, 7) is 3.85. The smallest absolute Gasteiger partial charge is 0.168 e. The monoisotopic (exact) mass is 305 g/mol. The van der Waals surface area contributed by atoms with Gasteiger partial charge in [-0.05, 0) is 12.1 Å². The number of hydrogen-bond acceptors (Lipinski definition) is 2. The molecule has 1 N–H and O–H groups in total. The average molecular weight is 306 g/mol. The highest BCUT2D eigenvalue weighted by Gasteiger charge is 2.09. The Labute approximate surface area is 128 Å². The molecule has 2 aromatic rings. The molecule has 0 saturated carbocycles. The molecule has 0 unspecified atom stereocenters. The predicted octanol–water partition coefficient (Wildman–Crippen LogP) is 5.19. The Morgan fingerprint density at radius 2 is 1.75 bits per heavy atom. The zero-order chi connectivity index (χ0) is 14.5. The Morgan fingerprint density at radius 3 is 2.45 bits per heavy atom. The highest BCUT2D eigenvalue weighted by Crippen LogP contribution is 2.30. The van der Waals surface area contributed by atoms with Gasteiger partial charge in [-0.3, -0.25) is 4.79 Å². The quantitative estimate of drug-likeness (QED) is 0.770. The summed E-state index contributed by atoms with van der Waals surface area (Å²) >= 11 is 12.0. The molecule has 0 radical (unpaired) electrons. The molecule has 0 atom stereocenters. The van der Waals surface area contributed by atoms with E-state index < -0.39 is 0 Å². The Hall–Kier alpha value is -1.77. The molecule has 0 amide bonds. The van der Waals surface area contributed by atoms with E-state index in [1.165, 1.54) is 0 Å². The Bertz CT molecular complexity index is 638. The maximum atomic E-state index is 12.0. The first-order chi connectivity index (χ1) is 9.58. The van der Waals surface area contributed by atoms with E-state index >= 15 is 0 Å². The van der Waals surface area contributed by atoms with Crippen molar-refractivity contribution in [3.63, 3.8) is 0 Å². The number of anilines is 1. The largest absolute Gasteiger partial charge is 0.358 e. The van der Waals surface area contributed by atoms with E-state index in [9.17, 15) is 4.79 Å². The minimum absolute atomic E-state index is 0.00116. The average Bonchev–Trinajstić information content (AvgIpc) is 2.45. The molecule has 2 rings (SSSR count). The fraction of sp³-hybridized carbons (Fsp3) is 0.0625. The van der Waals surface area contributed by atoms with Crippen molar-refractivity contribution in [2.45, 2.75) is 6.42 Å². The number of Topliss-reactive ketones (excluding diaryl/α,β-unsaturated/α-hetero) is 1. The summed E-state index contributed by atoms with van der Waals surface area (Å²) in [7, 11) is 0. The molecule has 20 heavy (non-hydrogen) atoms. The molecule has 2 aromatic carbocycles. The van der Waals surface area contributed by atoms with Gasteiger partial charge in [-0.1, -0.05) is 66.2 Å². The summed E-state index contributed by atoms with van der Waals surface area (Å²) < 4.78 is 0. The van der Waals surface area contributed by atoms with Gasteiger partial charge in [0, 0.05) is 11.3 Å². The molecular weight excluding hydrogens is 293 g/mol. The second-order valence-corrected chi connectivity index (χ2v) is 5.08. The summed E-state index contributed by atoms with van der Waals surface area (Å²) in [4.78, 5) is 12.0. The molecule has 0 bridgehead atoms. The first-order valence-electron chi connectivity index (χ1n) is 6.05. The van der Waals surface area contributed by atoms with E-state index in [-0.39, 0.29) is 12.2 Å². The van der Waals surface area contributed by atoms with E-state index in [1.54, 1.807) is 30.3 Å². The number of carbonyl (C=O) groups excluding carboxylic acids is 1. The van der Waals surface area contributed by atoms with Gasteiger partial charge in [0.15, 0.2) is 5.78 Å². The maximum Gasteiger partial charge on any atom is 0.168 e. The van der Waals surface area contributed by atoms with Crippen LogP contribution in [0.3, 0.4) is 0 Å². The lowest BCUT2D eigenvalue weighted by molar-refractivity contribution is 0.0993. The molecule has 0 spiro atoms. The van der Waals surface area contributed by atoms with Crippen molar-refractivity contribution >= 4 is 34.7 Å². The van der Waals surface area contributed by atoms with Gasteiger partial charge in [-0.15, -0.1) is 0 Å². The van der Waals surface area contributed by atoms with Crippen LogP contribution in [0.5, 0.6) is 0 Å². The van der Waals surface area contributed by atoms with Crippen molar-refractivity contribution in [3.8, 4) is 0 Å². The highest BCUT2D eigenvalue weighted by atomic mass is 35.5. The molecule has 102 valence electrons. The first kappa shape index (κ1) is 14.6. The number of rotatable bonds is 5. The van der Waals surface area contributed by atoms with Gasteiger partial charge >= 0.3 is 0 Å². The zero-order valence-electron chi connectivity index (χ0n) is 10.7. The second-order valence-electron chi connectivity index (χ2n) is 4.30. The third-order valence-corrected chi connectivity index (χ3v) is 3.55. The van der Waals surface area contributed by atoms with E-state index in [0.29, 0.717) is 27.0 Å². The third kappa shape index (κ3) is 3.62. The molecule has 4 heteroatoms. The Morgan fingerprint density at radius 1 is 1.05 bits per heavy atom. The number of hydrogen-bond donors (Lipinski definition) is 1. The number of carbonyl (C=O) groups is 1. The lowest BCUT2D eigenvalue weighted by Gasteiger charge is -2.11. The molecule has 0 fully saturated rings. The van der Waals surface area contributed by atoms with Crippen molar-refractivity contribution in [2.75, 3.05) is 5.32 Å². The van der Waals surface area contributed by atoms with E-state index in [0.717, 1.165) is 0 Å². The van der Waals surface area contributed by atoms with Gasteiger partial charge < -0.3 is 5.32 Å². The van der Waals surface area contributed by atoms with Crippen molar-refractivity contribution in [2.24, 2.45) is 0 Å². The predicted molar refractivity (Wildman–Crippen MR) is 84.6 cm³/mol. The van der Waals surface area contributed by atoms with E-state index in [1.807, 2.05) is 18.2 Å². The van der Waals surface area contributed by atoms with Crippen molar-refractivity contribution < 1.29 is 4.79 Å². The van der Waals surface area contributed by atoms with Crippen LogP contribution >= 0.6 is 23.2 Å². The van der Waals surface area contributed by atoms with Gasteiger partial charge in [0.1, 0.15) is 0 Å². The normalized spacial score (nSPS) is 10.1. The number of benzene rings is 2. The number of nitrogens with one attached hydrogen (secondary N) is 1. The molecule has 0 aliphatic rings. The molecule has 0 saturated heterocycles. The van der Waals surface area contributed by atoms with Crippen LogP contribution in [0.1, 0.15) is 16.8 Å². The van der Waals surface area contributed by atoms with Crippen LogP contribution < -0.4 is 5.32 Å². The fourth-order valence-corrected chi connectivity index (χ4v) is 2.10. The highest BCUT2D eigenvalue weighted by molar-refractivity contribution is 6.43. The molecule has 0 heterocycles. The zero-order valence-corrected chi connectivity index (χ0v) is 12.2. The lowest BCUT2D eigenvalue weighted by atomic mass is 10.1. The van der Waals surface area contributed by atoms with Crippen LogP contribution in [0.15, 0.2) is 60.8 Å². The van der Waals surface area contributed by atoms with Gasteiger partial charge in [0.25, 0.3) is 0 Å². The minimum atomic E-state index is 0.00116. The van der Waals surface area contributed by atoms with Crippen LogP contribution in [-0.2, 0) is 0 Å². The second kappa shape index (κ2) is 6.60. The van der Waals surface area contributed by atoms with Crippen LogP contribution in [-0.4, -0.2) is 5.78 Å². The maximum absolute atomic E-state index is 12.0. The van der Waals surface area contributed by atoms with Crippen molar-refractivity contribution in [1.29, 1.82) is 0 Å². The van der Waals surface area contributed by atoms with Crippen LogP contribution in [0, 0.1) is 0 Å². The van der Waals surface area contributed by atoms with Crippen molar-refractivity contribution in [3.05, 3.63) is 76.4 Å². The molecular formula is C16H13Cl2NO. The molecule has 0 aromatic heterocycles. The van der Waals surface area contributed by atoms with Gasteiger partial charge in [-0.25, -0.2) is 0 Å². The Kier molecular flexibility index (Phi) is 4.83. The number of allylic oxidation sites excluding steroid dienone is 1. The number of halogens is 2.